The molecule has 1 aliphatic heterocycles. The molecule has 0 spiro atoms. The van der Waals surface area contributed by atoms with E-state index < -0.39 is 5.97 Å². The van der Waals surface area contributed by atoms with Gasteiger partial charge in [0, 0.05) is 24.8 Å². The number of benzene rings is 1. The minimum absolute atomic E-state index is 0.0614. The number of aryl methyl sites for hydroxylation is 2. The number of pyridine rings is 1. The normalized spacial score (nSPS) is 20.3. The quantitative estimate of drug-likeness (QED) is 0.448. The van der Waals surface area contributed by atoms with Crippen LogP contribution in [-0.4, -0.2) is 54.9 Å². The Morgan fingerprint density at radius 3 is 2.74 bits per heavy atom. The second-order valence-corrected chi connectivity index (χ2v) is 10.3. The topological polar surface area (TPSA) is 114 Å². The molecule has 0 unspecified atom stereocenters. The molecule has 0 bridgehead atoms. The van der Waals surface area contributed by atoms with Crippen LogP contribution in [0.15, 0.2) is 54.9 Å². The minimum Gasteiger partial charge on any atom is -0.477 e. The summed E-state index contributed by atoms with van der Waals surface area (Å²) in [6.45, 7) is 4.57. The Bertz CT molecular complexity index is 1410. The molecule has 1 saturated carbocycles. The Balaban J connectivity index is 0.000000178. The monoisotopic (exact) mass is 489 g/mol. The molecule has 3 aromatic heterocycles. The predicted molar refractivity (Wildman–Crippen MR) is 135 cm³/mol. The van der Waals surface area contributed by atoms with E-state index in [1.54, 1.807) is 29.7 Å². The standard InChI is InChI=1S/C18H21N3OS.C8H6N2O2/c1-10-4-3-5-12(6-10)17-16(20-11(2)23-17)18(22)21-14(9-19)7-13-8-15(13)21;11-8(12)6-5-9-7-3-1-2-4-10(6)7/h3-6,13-15H,7-9,19H2,1-2H3;1-5H,(H,11,12)/t13-,14+,15+;/m1./s1. The molecule has 1 aliphatic carbocycles. The van der Waals surface area contributed by atoms with Gasteiger partial charge in [-0.3, -0.25) is 9.20 Å². The van der Waals surface area contributed by atoms with E-state index in [4.69, 9.17) is 10.8 Å². The van der Waals surface area contributed by atoms with Crippen molar-refractivity contribution in [3.8, 4) is 10.4 Å². The van der Waals surface area contributed by atoms with Crippen LogP contribution in [0, 0.1) is 19.8 Å². The van der Waals surface area contributed by atoms with Crippen LogP contribution in [-0.2, 0) is 0 Å². The second kappa shape index (κ2) is 9.24. The molecule has 8 nitrogen and oxygen atoms in total. The smallest absolute Gasteiger partial charge is 0.354 e. The van der Waals surface area contributed by atoms with Crippen molar-refractivity contribution >= 4 is 28.9 Å². The lowest BCUT2D eigenvalue weighted by molar-refractivity contribution is 0.0684. The molecule has 0 radical (unpaired) electrons. The first-order valence-corrected chi connectivity index (χ1v) is 12.4. The number of fused-ring (bicyclic) bond motifs is 2. The van der Waals surface area contributed by atoms with Gasteiger partial charge in [-0.1, -0.05) is 35.9 Å². The van der Waals surface area contributed by atoms with Gasteiger partial charge in [-0.15, -0.1) is 11.3 Å². The van der Waals surface area contributed by atoms with Crippen molar-refractivity contribution in [2.24, 2.45) is 11.7 Å². The molecule has 2 fully saturated rings. The van der Waals surface area contributed by atoms with Gasteiger partial charge in [-0.05, 0) is 50.3 Å². The van der Waals surface area contributed by atoms with E-state index in [2.05, 4.69) is 35.1 Å². The number of likely N-dealkylation sites (tertiary alicyclic amines) is 1. The van der Waals surface area contributed by atoms with Crippen molar-refractivity contribution in [3.63, 3.8) is 0 Å². The third-order valence-corrected chi connectivity index (χ3v) is 7.59. The summed E-state index contributed by atoms with van der Waals surface area (Å²) in [5.74, 6) is -0.241. The number of nitrogens with two attached hydrogens (primary N) is 1. The number of thiazole rings is 1. The summed E-state index contributed by atoms with van der Waals surface area (Å²) in [4.78, 5) is 35.3. The fourth-order valence-corrected chi connectivity index (χ4v) is 5.76. The van der Waals surface area contributed by atoms with E-state index in [1.165, 1.54) is 16.2 Å². The zero-order valence-electron chi connectivity index (χ0n) is 19.6. The lowest BCUT2D eigenvalue weighted by atomic mass is 10.1. The van der Waals surface area contributed by atoms with E-state index in [1.807, 2.05) is 24.0 Å². The van der Waals surface area contributed by atoms with Crippen molar-refractivity contribution in [2.45, 2.75) is 38.8 Å². The lowest BCUT2D eigenvalue weighted by Crippen LogP contribution is -2.42. The summed E-state index contributed by atoms with van der Waals surface area (Å²) in [6, 6.07) is 14.2. The number of piperidine rings is 1. The third-order valence-electron chi connectivity index (χ3n) is 6.57. The second-order valence-electron chi connectivity index (χ2n) is 9.06. The maximum absolute atomic E-state index is 13.2. The molecule has 9 heteroatoms. The first-order valence-electron chi connectivity index (χ1n) is 11.6. The molecule has 1 saturated heterocycles. The van der Waals surface area contributed by atoms with Gasteiger partial charge < -0.3 is 15.7 Å². The summed E-state index contributed by atoms with van der Waals surface area (Å²) < 4.78 is 1.53. The highest BCUT2D eigenvalue weighted by molar-refractivity contribution is 7.15. The molecule has 1 amide bonds. The molecule has 3 atom stereocenters. The fourth-order valence-electron chi connectivity index (χ4n) is 4.85. The van der Waals surface area contributed by atoms with Crippen LogP contribution in [0.3, 0.4) is 0 Å². The first-order chi connectivity index (χ1) is 16.9. The molecule has 3 N–H and O–H groups in total. The number of hydrogen-bond acceptors (Lipinski definition) is 6. The van der Waals surface area contributed by atoms with Gasteiger partial charge in [0.1, 0.15) is 11.3 Å². The number of carbonyl (C=O) groups is 2. The van der Waals surface area contributed by atoms with Gasteiger partial charge in [0.15, 0.2) is 5.69 Å². The van der Waals surface area contributed by atoms with Crippen molar-refractivity contribution in [3.05, 3.63) is 76.8 Å². The SMILES string of the molecule is Cc1cccc(-c2sc(C)nc2C(=O)N2[C@H](CN)C[C@@H]3C[C@@H]32)c1.O=C(O)c1cnc2ccccn12. The van der Waals surface area contributed by atoms with Crippen molar-refractivity contribution in [1.29, 1.82) is 0 Å². The summed E-state index contributed by atoms with van der Waals surface area (Å²) in [6.07, 6.45) is 5.20. The minimum atomic E-state index is -0.964. The van der Waals surface area contributed by atoms with Crippen molar-refractivity contribution in [1.82, 2.24) is 19.3 Å². The van der Waals surface area contributed by atoms with Crippen LogP contribution in [0.2, 0.25) is 0 Å². The number of aromatic nitrogens is 3. The summed E-state index contributed by atoms with van der Waals surface area (Å²) in [5, 5.41) is 9.64. The zero-order valence-corrected chi connectivity index (χ0v) is 20.4. The molecule has 6 rings (SSSR count). The summed E-state index contributed by atoms with van der Waals surface area (Å²) >= 11 is 1.60. The van der Waals surface area contributed by atoms with E-state index in [0.717, 1.165) is 28.3 Å². The Morgan fingerprint density at radius 1 is 1.17 bits per heavy atom. The summed E-state index contributed by atoms with van der Waals surface area (Å²) in [7, 11) is 0. The van der Waals surface area contributed by atoms with Crippen LogP contribution >= 0.6 is 11.3 Å². The van der Waals surface area contributed by atoms with Crippen LogP contribution in [0.4, 0.5) is 0 Å². The Hall–Kier alpha value is -3.56. The van der Waals surface area contributed by atoms with Gasteiger partial charge in [-0.25, -0.2) is 14.8 Å². The molecule has 35 heavy (non-hydrogen) atoms. The number of carboxylic acids is 1. The number of aromatic carboxylic acids is 1. The highest BCUT2D eigenvalue weighted by Gasteiger charge is 2.54. The van der Waals surface area contributed by atoms with Crippen molar-refractivity contribution < 1.29 is 14.7 Å². The maximum Gasteiger partial charge on any atom is 0.354 e. The van der Waals surface area contributed by atoms with Gasteiger partial charge in [0.2, 0.25) is 0 Å². The molecule has 1 aromatic carbocycles. The van der Waals surface area contributed by atoms with Gasteiger partial charge in [0.05, 0.1) is 16.1 Å². The van der Waals surface area contributed by atoms with Crippen molar-refractivity contribution in [2.75, 3.05) is 6.54 Å². The van der Waals surface area contributed by atoms with Gasteiger partial charge in [0.25, 0.3) is 5.91 Å². The van der Waals surface area contributed by atoms with Crippen LogP contribution in [0.1, 0.15) is 44.4 Å². The molecular weight excluding hydrogens is 462 g/mol. The first kappa shape index (κ1) is 23.2. The number of carbonyl (C=O) groups excluding carboxylic acids is 1. The molecule has 4 heterocycles. The Morgan fingerprint density at radius 2 is 2.00 bits per heavy atom. The maximum atomic E-state index is 13.2. The van der Waals surface area contributed by atoms with Crippen LogP contribution < -0.4 is 5.73 Å². The molecular formula is C26H27N5O3S. The van der Waals surface area contributed by atoms with E-state index in [9.17, 15) is 9.59 Å². The Labute approximate surface area is 207 Å². The zero-order chi connectivity index (χ0) is 24.7. The average molecular weight is 490 g/mol. The lowest BCUT2D eigenvalue weighted by Gasteiger charge is -2.26. The highest BCUT2D eigenvalue weighted by atomic mass is 32.1. The molecule has 180 valence electrons. The number of imidazole rings is 1. The number of amides is 1. The predicted octanol–water partition coefficient (Wildman–Crippen LogP) is 4.02. The average Bonchev–Trinajstić information content (AvgIpc) is 3.18. The largest absolute Gasteiger partial charge is 0.477 e. The third kappa shape index (κ3) is 4.44. The molecule has 4 aromatic rings. The highest BCUT2D eigenvalue weighted by Crippen LogP contribution is 2.48. The number of nitrogens with zero attached hydrogens (tertiary/aromatic N) is 4. The number of carboxylic acid groups (broad SMARTS) is 1. The van der Waals surface area contributed by atoms with Gasteiger partial charge in [-0.2, -0.15) is 0 Å². The Kier molecular flexibility index (Phi) is 6.12. The van der Waals surface area contributed by atoms with E-state index in [-0.39, 0.29) is 17.6 Å². The van der Waals surface area contributed by atoms with E-state index in [0.29, 0.717) is 29.8 Å². The number of rotatable bonds is 4. The van der Waals surface area contributed by atoms with E-state index >= 15 is 0 Å². The molecule has 2 aliphatic rings. The summed E-state index contributed by atoms with van der Waals surface area (Å²) in [5.41, 5.74) is 9.59. The fraction of sp³-hybridized carbons (Fsp3) is 0.308. The van der Waals surface area contributed by atoms with Crippen LogP contribution in [0.5, 0.6) is 0 Å². The van der Waals surface area contributed by atoms with Gasteiger partial charge >= 0.3 is 5.97 Å². The number of hydrogen-bond donors (Lipinski definition) is 2. The van der Waals surface area contributed by atoms with Crippen LogP contribution in [0.25, 0.3) is 16.1 Å².